The van der Waals surface area contributed by atoms with Crippen molar-refractivity contribution in [1.82, 2.24) is 15.1 Å². The predicted octanol–water partition coefficient (Wildman–Crippen LogP) is 3.23. The van der Waals surface area contributed by atoms with Crippen molar-refractivity contribution < 1.29 is 9.59 Å². The van der Waals surface area contributed by atoms with Crippen molar-refractivity contribution in [2.24, 2.45) is 5.92 Å². The van der Waals surface area contributed by atoms with Crippen LogP contribution in [-0.4, -0.2) is 52.0 Å². The van der Waals surface area contributed by atoms with Crippen molar-refractivity contribution >= 4 is 52.4 Å². The first kappa shape index (κ1) is 19.2. The number of benzene rings is 1. The summed E-state index contributed by atoms with van der Waals surface area (Å²) in [4.78, 5) is 26.6. The molecule has 1 aromatic heterocycles. The fourth-order valence-electron chi connectivity index (χ4n) is 2.71. The summed E-state index contributed by atoms with van der Waals surface area (Å²) in [6.45, 7) is 1.25. The number of hydrogen-bond acceptors (Lipinski definition) is 7. The van der Waals surface area contributed by atoms with E-state index in [1.54, 1.807) is 11.8 Å². The summed E-state index contributed by atoms with van der Waals surface area (Å²) < 4.78 is 1.73. The lowest BCUT2D eigenvalue weighted by Gasteiger charge is -2.31. The molecule has 0 saturated carbocycles. The van der Waals surface area contributed by atoms with Crippen LogP contribution < -0.4 is 5.32 Å². The van der Waals surface area contributed by atoms with Gasteiger partial charge in [0.05, 0.1) is 5.75 Å². The maximum atomic E-state index is 12.4. The lowest BCUT2D eigenvalue weighted by Crippen LogP contribution is -2.42. The Morgan fingerprint density at radius 3 is 2.54 bits per heavy atom. The first-order valence-corrected chi connectivity index (χ1v) is 11.3. The molecule has 2 amide bonds. The van der Waals surface area contributed by atoms with Crippen LogP contribution in [0.4, 0.5) is 5.69 Å². The van der Waals surface area contributed by atoms with E-state index in [9.17, 15) is 9.59 Å². The van der Waals surface area contributed by atoms with Gasteiger partial charge < -0.3 is 10.2 Å². The number of likely N-dealkylation sites (tertiary alicyclic amines) is 1. The number of piperidine rings is 1. The Morgan fingerprint density at radius 1 is 1.19 bits per heavy atom. The second-order valence-corrected chi connectivity index (χ2v) is 9.09. The van der Waals surface area contributed by atoms with Crippen LogP contribution in [0.1, 0.15) is 12.8 Å². The van der Waals surface area contributed by atoms with Crippen LogP contribution in [0.2, 0.25) is 0 Å². The molecule has 3 rings (SSSR count). The summed E-state index contributed by atoms with van der Waals surface area (Å²) in [5.74, 6) is 0.456. The molecule has 0 bridgehead atoms. The molecule has 1 N–H and O–H groups in total. The van der Waals surface area contributed by atoms with Gasteiger partial charge in [-0.2, -0.15) is 0 Å². The number of aromatic nitrogens is 2. The fraction of sp³-hybridized carbons (Fsp3) is 0.412. The minimum Gasteiger partial charge on any atom is -0.342 e. The monoisotopic (exact) mass is 408 g/mol. The normalized spacial score (nSPS) is 15.0. The summed E-state index contributed by atoms with van der Waals surface area (Å²) in [6.07, 6.45) is 3.35. The molecule has 1 aromatic carbocycles. The molecule has 2 aromatic rings. The third-order valence-electron chi connectivity index (χ3n) is 4.14. The lowest BCUT2D eigenvalue weighted by molar-refractivity contribution is -0.132. The Kier molecular flexibility index (Phi) is 6.93. The van der Waals surface area contributed by atoms with E-state index < -0.39 is 0 Å². The minimum absolute atomic E-state index is 0.0381. The molecular weight excluding hydrogens is 388 g/mol. The molecule has 26 heavy (non-hydrogen) atoms. The van der Waals surface area contributed by atoms with Crippen molar-refractivity contribution in [2.45, 2.75) is 21.5 Å². The molecule has 6 nitrogen and oxygen atoms in total. The first-order chi connectivity index (χ1) is 12.7. The minimum atomic E-state index is -0.0424. The zero-order chi connectivity index (χ0) is 18.4. The van der Waals surface area contributed by atoms with Crippen molar-refractivity contribution in [2.75, 3.05) is 30.4 Å². The van der Waals surface area contributed by atoms with Gasteiger partial charge in [-0.1, -0.05) is 53.1 Å². The first-order valence-electron chi connectivity index (χ1n) is 8.29. The summed E-state index contributed by atoms with van der Waals surface area (Å²) in [6, 6.07) is 9.47. The standard InChI is InChI=1S/C17H20N4O2S3/c1-24-16-19-20-17(26-16)25-11-14(22)21-9-7-12(8-10-21)15(23)18-13-5-3-2-4-6-13/h2-6,12H,7-11H2,1H3,(H,18,23). The zero-order valence-corrected chi connectivity index (χ0v) is 16.8. The molecule has 0 radical (unpaired) electrons. The van der Waals surface area contributed by atoms with E-state index in [0.717, 1.165) is 14.4 Å². The number of anilines is 1. The van der Waals surface area contributed by atoms with Crippen molar-refractivity contribution in [3.05, 3.63) is 30.3 Å². The maximum absolute atomic E-state index is 12.4. The highest BCUT2D eigenvalue weighted by molar-refractivity contribution is 8.03. The smallest absolute Gasteiger partial charge is 0.233 e. The van der Waals surface area contributed by atoms with E-state index in [-0.39, 0.29) is 17.7 Å². The van der Waals surface area contributed by atoms with Crippen LogP contribution in [-0.2, 0) is 9.59 Å². The van der Waals surface area contributed by atoms with Gasteiger partial charge in [-0.25, -0.2) is 0 Å². The highest BCUT2D eigenvalue weighted by atomic mass is 32.2. The van der Waals surface area contributed by atoms with Gasteiger partial charge in [0, 0.05) is 24.7 Å². The summed E-state index contributed by atoms with van der Waals surface area (Å²) in [7, 11) is 0. The van der Waals surface area contributed by atoms with E-state index in [2.05, 4.69) is 15.5 Å². The predicted molar refractivity (Wildman–Crippen MR) is 107 cm³/mol. The summed E-state index contributed by atoms with van der Waals surface area (Å²) >= 11 is 4.49. The molecule has 0 unspecified atom stereocenters. The highest BCUT2D eigenvalue weighted by Gasteiger charge is 2.27. The quantitative estimate of drug-likeness (QED) is 0.740. The molecule has 0 atom stereocenters. The van der Waals surface area contributed by atoms with E-state index in [0.29, 0.717) is 31.7 Å². The van der Waals surface area contributed by atoms with Gasteiger partial charge in [-0.15, -0.1) is 10.2 Å². The van der Waals surface area contributed by atoms with E-state index in [4.69, 9.17) is 0 Å². The van der Waals surface area contributed by atoms with Crippen LogP contribution in [0.25, 0.3) is 0 Å². The second kappa shape index (κ2) is 9.38. The highest BCUT2D eigenvalue weighted by Crippen LogP contribution is 2.28. The van der Waals surface area contributed by atoms with Crippen LogP contribution in [0.15, 0.2) is 39.0 Å². The average molecular weight is 409 g/mol. The number of nitrogens with zero attached hydrogens (tertiary/aromatic N) is 3. The Balaban J connectivity index is 1.42. The van der Waals surface area contributed by atoms with Gasteiger partial charge in [0.15, 0.2) is 8.68 Å². The molecule has 138 valence electrons. The molecule has 0 spiro atoms. The number of rotatable bonds is 6. The number of nitrogens with one attached hydrogen (secondary N) is 1. The van der Waals surface area contributed by atoms with Gasteiger partial charge in [-0.05, 0) is 31.2 Å². The number of hydrogen-bond donors (Lipinski definition) is 1. The SMILES string of the molecule is CSc1nnc(SCC(=O)N2CCC(C(=O)Nc3ccccc3)CC2)s1. The topological polar surface area (TPSA) is 75.2 Å². The van der Waals surface area contributed by atoms with Gasteiger partial charge in [0.1, 0.15) is 0 Å². The van der Waals surface area contributed by atoms with E-state index in [1.807, 2.05) is 41.5 Å². The molecule has 0 aliphatic carbocycles. The van der Waals surface area contributed by atoms with E-state index >= 15 is 0 Å². The summed E-state index contributed by atoms with van der Waals surface area (Å²) in [5, 5.41) is 11.0. The van der Waals surface area contributed by atoms with Crippen LogP contribution >= 0.6 is 34.9 Å². The number of thioether (sulfide) groups is 2. The van der Waals surface area contributed by atoms with E-state index in [1.165, 1.54) is 23.1 Å². The maximum Gasteiger partial charge on any atom is 0.233 e. The van der Waals surface area contributed by atoms with Gasteiger partial charge in [0.2, 0.25) is 11.8 Å². The number of para-hydroxylation sites is 1. The lowest BCUT2D eigenvalue weighted by atomic mass is 9.96. The molecule has 1 saturated heterocycles. The van der Waals surface area contributed by atoms with Gasteiger partial charge in [0.25, 0.3) is 0 Å². The molecule has 9 heteroatoms. The molecule has 1 fully saturated rings. The molecule has 1 aliphatic rings. The Bertz CT molecular complexity index is 745. The van der Waals surface area contributed by atoms with Gasteiger partial charge in [-0.3, -0.25) is 9.59 Å². The van der Waals surface area contributed by atoms with Crippen LogP contribution in [0.3, 0.4) is 0 Å². The Hall–Kier alpha value is -1.58. The van der Waals surface area contributed by atoms with Crippen molar-refractivity contribution in [3.8, 4) is 0 Å². The number of carbonyl (C=O) groups is 2. The number of amides is 2. The fourth-order valence-corrected chi connectivity index (χ4v) is 5.05. The zero-order valence-electron chi connectivity index (χ0n) is 14.4. The third kappa shape index (κ3) is 5.21. The van der Waals surface area contributed by atoms with Crippen LogP contribution in [0, 0.1) is 5.92 Å². The molecular formula is C17H20N4O2S3. The van der Waals surface area contributed by atoms with Crippen molar-refractivity contribution in [1.29, 1.82) is 0 Å². The van der Waals surface area contributed by atoms with Crippen LogP contribution in [0.5, 0.6) is 0 Å². The summed E-state index contributed by atoms with van der Waals surface area (Å²) in [5.41, 5.74) is 0.814. The Morgan fingerprint density at radius 2 is 1.88 bits per heavy atom. The molecule has 2 heterocycles. The number of carbonyl (C=O) groups excluding carboxylic acids is 2. The third-order valence-corrected chi connectivity index (χ3v) is 7.16. The largest absolute Gasteiger partial charge is 0.342 e. The molecule has 1 aliphatic heterocycles. The van der Waals surface area contributed by atoms with Crippen molar-refractivity contribution in [3.63, 3.8) is 0 Å². The Labute approximate surface area is 165 Å². The van der Waals surface area contributed by atoms with Gasteiger partial charge >= 0.3 is 0 Å². The second-order valence-electron chi connectivity index (χ2n) is 5.84. The average Bonchev–Trinajstić information content (AvgIpc) is 3.15.